The quantitative estimate of drug-likeness (QED) is 0.901. The van der Waals surface area contributed by atoms with Gasteiger partial charge < -0.3 is 15.0 Å². The summed E-state index contributed by atoms with van der Waals surface area (Å²) in [6.45, 7) is 5.70. The fraction of sp³-hybridized carbons (Fsp3) is 0.692. The number of rotatable bonds is 3. The smallest absolute Gasteiger partial charge is 0.224 e. The second kappa shape index (κ2) is 6.11. The van der Waals surface area contributed by atoms with Gasteiger partial charge in [0, 0.05) is 39.3 Å². The van der Waals surface area contributed by atoms with Crippen LogP contribution in [0.4, 0.5) is 11.8 Å². The van der Waals surface area contributed by atoms with Crippen LogP contribution in [-0.4, -0.2) is 67.4 Å². The first-order valence-electron chi connectivity index (χ1n) is 7.05. The van der Waals surface area contributed by atoms with Crippen molar-refractivity contribution in [3.8, 4) is 0 Å². The maximum Gasteiger partial charge on any atom is 0.224 e. The van der Waals surface area contributed by atoms with Crippen molar-refractivity contribution in [2.45, 2.75) is 12.5 Å². The SMILES string of the molecule is CNc1ncc(Cl)c(N2CCC(N3CCOCC3)C2)n1. The first-order chi connectivity index (χ1) is 9.78. The van der Waals surface area contributed by atoms with E-state index in [1.54, 1.807) is 6.20 Å². The Hall–Kier alpha value is -1.11. The Labute approximate surface area is 124 Å². The normalized spacial score (nSPS) is 24.1. The van der Waals surface area contributed by atoms with Gasteiger partial charge in [0.1, 0.15) is 5.02 Å². The molecule has 0 spiro atoms. The number of aromatic nitrogens is 2. The molecule has 1 aromatic heterocycles. The van der Waals surface area contributed by atoms with Crippen LogP contribution in [0.25, 0.3) is 0 Å². The number of hydrogen-bond donors (Lipinski definition) is 1. The zero-order valence-electron chi connectivity index (χ0n) is 11.7. The third-order valence-electron chi connectivity index (χ3n) is 3.97. The Kier molecular flexibility index (Phi) is 4.24. The molecule has 1 aromatic rings. The first kappa shape index (κ1) is 13.9. The molecule has 3 rings (SSSR count). The van der Waals surface area contributed by atoms with Crippen molar-refractivity contribution >= 4 is 23.4 Å². The number of hydrogen-bond acceptors (Lipinski definition) is 6. The van der Waals surface area contributed by atoms with E-state index in [1.807, 2.05) is 7.05 Å². The molecule has 2 saturated heterocycles. The molecule has 1 atom stereocenters. The molecule has 0 aliphatic carbocycles. The highest BCUT2D eigenvalue weighted by Crippen LogP contribution is 2.28. The van der Waals surface area contributed by atoms with E-state index in [0.29, 0.717) is 17.0 Å². The van der Waals surface area contributed by atoms with E-state index in [-0.39, 0.29) is 0 Å². The molecular weight excluding hydrogens is 278 g/mol. The van der Waals surface area contributed by atoms with Crippen LogP contribution in [0.5, 0.6) is 0 Å². The van der Waals surface area contributed by atoms with Crippen molar-refractivity contribution in [3.63, 3.8) is 0 Å². The third-order valence-corrected chi connectivity index (χ3v) is 4.24. The minimum absolute atomic E-state index is 0.572. The van der Waals surface area contributed by atoms with Gasteiger partial charge in [-0.2, -0.15) is 4.98 Å². The van der Waals surface area contributed by atoms with Gasteiger partial charge in [-0.15, -0.1) is 0 Å². The van der Waals surface area contributed by atoms with Gasteiger partial charge in [0.2, 0.25) is 5.95 Å². The summed E-state index contributed by atoms with van der Waals surface area (Å²) in [5.41, 5.74) is 0. The Morgan fingerprint density at radius 3 is 2.90 bits per heavy atom. The summed E-state index contributed by atoms with van der Waals surface area (Å²) < 4.78 is 5.41. The minimum Gasteiger partial charge on any atom is -0.379 e. The lowest BCUT2D eigenvalue weighted by atomic mass is 10.2. The minimum atomic E-state index is 0.572. The van der Waals surface area contributed by atoms with E-state index >= 15 is 0 Å². The van der Waals surface area contributed by atoms with Crippen molar-refractivity contribution in [2.75, 3.05) is 56.7 Å². The predicted octanol–water partition coefficient (Wildman–Crippen LogP) is 1.08. The van der Waals surface area contributed by atoms with Crippen molar-refractivity contribution in [1.82, 2.24) is 14.9 Å². The van der Waals surface area contributed by atoms with E-state index in [2.05, 4.69) is 25.1 Å². The van der Waals surface area contributed by atoms with Crippen molar-refractivity contribution in [2.24, 2.45) is 0 Å². The van der Waals surface area contributed by atoms with E-state index in [4.69, 9.17) is 16.3 Å². The highest BCUT2D eigenvalue weighted by Gasteiger charge is 2.30. The first-order valence-corrected chi connectivity index (χ1v) is 7.43. The largest absolute Gasteiger partial charge is 0.379 e. The number of morpholine rings is 1. The fourth-order valence-corrected chi connectivity index (χ4v) is 3.09. The van der Waals surface area contributed by atoms with Crippen LogP contribution in [0.1, 0.15) is 6.42 Å². The Balaban J connectivity index is 1.70. The van der Waals surface area contributed by atoms with Crippen LogP contribution in [0.3, 0.4) is 0 Å². The van der Waals surface area contributed by atoms with E-state index in [1.165, 1.54) is 0 Å². The zero-order chi connectivity index (χ0) is 13.9. The van der Waals surface area contributed by atoms with Crippen molar-refractivity contribution in [3.05, 3.63) is 11.2 Å². The molecule has 0 amide bonds. The van der Waals surface area contributed by atoms with Gasteiger partial charge in [0.05, 0.1) is 19.4 Å². The summed E-state index contributed by atoms with van der Waals surface area (Å²) in [6, 6.07) is 0.572. The van der Waals surface area contributed by atoms with Gasteiger partial charge in [-0.1, -0.05) is 11.6 Å². The standard InChI is InChI=1S/C13H20ClN5O/c1-15-13-16-8-11(14)12(17-13)19-3-2-10(9-19)18-4-6-20-7-5-18/h8,10H,2-7,9H2,1H3,(H,15,16,17). The summed E-state index contributed by atoms with van der Waals surface area (Å²) in [5.74, 6) is 1.45. The van der Waals surface area contributed by atoms with E-state index < -0.39 is 0 Å². The summed E-state index contributed by atoms with van der Waals surface area (Å²) in [7, 11) is 1.81. The fourth-order valence-electron chi connectivity index (χ4n) is 2.88. The summed E-state index contributed by atoms with van der Waals surface area (Å²) in [6.07, 6.45) is 2.81. The number of nitrogens with zero attached hydrogens (tertiary/aromatic N) is 4. The summed E-state index contributed by atoms with van der Waals surface area (Å²) in [5, 5.41) is 3.58. The molecule has 0 bridgehead atoms. The van der Waals surface area contributed by atoms with Crippen LogP contribution in [0, 0.1) is 0 Å². The van der Waals surface area contributed by atoms with Gasteiger partial charge in [0.15, 0.2) is 5.82 Å². The summed E-state index contributed by atoms with van der Waals surface area (Å²) in [4.78, 5) is 13.4. The van der Waals surface area contributed by atoms with Gasteiger partial charge >= 0.3 is 0 Å². The molecule has 2 aliphatic rings. The van der Waals surface area contributed by atoms with Gasteiger partial charge in [-0.05, 0) is 6.42 Å². The molecular formula is C13H20ClN5O. The molecule has 6 nitrogen and oxygen atoms in total. The second-order valence-corrected chi connectivity index (χ2v) is 5.56. The summed E-state index contributed by atoms with van der Waals surface area (Å²) >= 11 is 6.24. The topological polar surface area (TPSA) is 53.5 Å². The van der Waals surface area contributed by atoms with Crippen LogP contribution in [0.15, 0.2) is 6.20 Å². The van der Waals surface area contributed by atoms with E-state index in [9.17, 15) is 0 Å². The van der Waals surface area contributed by atoms with Crippen LogP contribution >= 0.6 is 11.6 Å². The van der Waals surface area contributed by atoms with Crippen LogP contribution in [0.2, 0.25) is 5.02 Å². The predicted molar refractivity (Wildman–Crippen MR) is 79.6 cm³/mol. The zero-order valence-corrected chi connectivity index (χ0v) is 12.4. The maximum absolute atomic E-state index is 6.24. The Morgan fingerprint density at radius 1 is 1.35 bits per heavy atom. The monoisotopic (exact) mass is 297 g/mol. The maximum atomic E-state index is 6.24. The molecule has 0 aromatic carbocycles. The molecule has 2 aliphatic heterocycles. The van der Waals surface area contributed by atoms with Crippen molar-refractivity contribution < 1.29 is 4.74 Å². The lowest BCUT2D eigenvalue weighted by molar-refractivity contribution is 0.0209. The molecule has 1 N–H and O–H groups in total. The average Bonchev–Trinajstić information content (AvgIpc) is 2.98. The Morgan fingerprint density at radius 2 is 2.15 bits per heavy atom. The molecule has 7 heteroatoms. The molecule has 0 radical (unpaired) electrons. The number of anilines is 2. The van der Waals surface area contributed by atoms with E-state index in [0.717, 1.165) is 51.6 Å². The van der Waals surface area contributed by atoms with Gasteiger partial charge in [-0.3, -0.25) is 4.90 Å². The average molecular weight is 298 g/mol. The number of halogens is 1. The highest BCUT2D eigenvalue weighted by molar-refractivity contribution is 6.32. The Bertz CT molecular complexity index is 466. The van der Waals surface area contributed by atoms with Crippen molar-refractivity contribution in [1.29, 1.82) is 0 Å². The molecule has 0 saturated carbocycles. The second-order valence-electron chi connectivity index (χ2n) is 5.15. The highest BCUT2D eigenvalue weighted by atomic mass is 35.5. The number of nitrogens with one attached hydrogen (secondary N) is 1. The van der Waals surface area contributed by atoms with Crippen LogP contribution < -0.4 is 10.2 Å². The molecule has 20 heavy (non-hydrogen) atoms. The lowest BCUT2D eigenvalue weighted by Gasteiger charge is -2.32. The number of ether oxygens (including phenoxy) is 1. The van der Waals surface area contributed by atoms with Crippen LogP contribution in [-0.2, 0) is 4.74 Å². The lowest BCUT2D eigenvalue weighted by Crippen LogP contribution is -2.44. The molecule has 3 heterocycles. The van der Waals surface area contributed by atoms with Gasteiger partial charge in [0.25, 0.3) is 0 Å². The third kappa shape index (κ3) is 2.82. The molecule has 1 unspecified atom stereocenters. The molecule has 110 valence electrons. The van der Waals surface area contributed by atoms with Gasteiger partial charge in [-0.25, -0.2) is 4.98 Å². The molecule has 2 fully saturated rings.